The number of benzene rings is 1. The van der Waals surface area contributed by atoms with E-state index in [-0.39, 0.29) is 12.2 Å². The molecule has 0 fully saturated rings. The Bertz CT molecular complexity index is 688. The molecule has 10 heteroatoms. The van der Waals surface area contributed by atoms with Crippen LogP contribution in [-0.2, 0) is 26.6 Å². The van der Waals surface area contributed by atoms with E-state index < -0.39 is 20.0 Å². The Kier molecular flexibility index (Phi) is 4.40. The number of para-hydroxylation sites is 1. The summed E-state index contributed by atoms with van der Waals surface area (Å²) < 4.78 is 46.9. The van der Waals surface area contributed by atoms with Crippen molar-refractivity contribution in [3.63, 3.8) is 0 Å². The van der Waals surface area contributed by atoms with Crippen LogP contribution in [0.15, 0.2) is 29.4 Å². The fourth-order valence-corrected chi connectivity index (χ4v) is 4.57. The lowest BCUT2D eigenvalue weighted by Gasteiger charge is -2.21. The molecule has 0 aromatic heterocycles. The lowest BCUT2D eigenvalue weighted by molar-refractivity contribution is 0.590. The fraction of sp³-hybridized carbons (Fsp3) is 0.333. The van der Waals surface area contributed by atoms with Gasteiger partial charge in [-0.2, -0.15) is 3.71 Å². The lowest BCUT2D eigenvalue weighted by atomic mass is 10.2. The Morgan fingerprint density at radius 1 is 1.16 bits per heavy atom. The maximum absolute atomic E-state index is 11.6. The first kappa shape index (κ1) is 15.3. The van der Waals surface area contributed by atoms with E-state index in [9.17, 15) is 16.8 Å². The molecule has 0 aliphatic rings. The van der Waals surface area contributed by atoms with Crippen LogP contribution < -0.4 is 3.71 Å². The van der Waals surface area contributed by atoms with Crippen LogP contribution in [0.2, 0.25) is 0 Å². The van der Waals surface area contributed by atoms with Gasteiger partial charge in [0.05, 0.1) is 24.7 Å². The number of sulfonamides is 2. The molecule has 0 heterocycles. The van der Waals surface area contributed by atoms with Crippen molar-refractivity contribution in [2.24, 2.45) is 5.11 Å². The Labute approximate surface area is 111 Å². The summed E-state index contributed by atoms with van der Waals surface area (Å²) in [5, 5.41) is 3.31. The molecule has 1 aromatic rings. The normalized spacial score (nSPS) is 11.7. The van der Waals surface area contributed by atoms with Crippen molar-refractivity contribution in [2.45, 2.75) is 6.54 Å². The van der Waals surface area contributed by atoms with Gasteiger partial charge in [0.1, 0.15) is 0 Å². The van der Waals surface area contributed by atoms with E-state index in [0.717, 1.165) is 12.5 Å². The first-order chi connectivity index (χ1) is 8.68. The number of azide groups is 1. The van der Waals surface area contributed by atoms with Crippen molar-refractivity contribution >= 4 is 25.7 Å². The second kappa shape index (κ2) is 5.47. The first-order valence-electron chi connectivity index (χ1n) is 4.97. The molecule has 0 aliphatic heterocycles. The van der Waals surface area contributed by atoms with Crippen molar-refractivity contribution in [3.8, 4) is 0 Å². The molecule has 0 saturated heterocycles. The third-order valence-corrected chi connectivity index (χ3v) is 5.32. The van der Waals surface area contributed by atoms with E-state index in [4.69, 9.17) is 5.53 Å². The number of hydrogen-bond donors (Lipinski definition) is 0. The lowest BCUT2D eigenvalue weighted by Crippen LogP contribution is -2.35. The molecule has 0 aliphatic carbocycles. The number of anilines is 1. The Morgan fingerprint density at radius 2 is 1.68 bits per heavy atom. The molecule has 19 heavy (non-hydrogen) atoms. The smallest absolute Gasteiger partial charge is 0.206 e. The molecule has 0 spiro atoms. The minimum atomic E-state index is -4.01. The SMILES string of the molecule is CS(=O)(=O)N(c1ccccc1CN=[N+]=[N-])S(C)(=O)=O. The van der Waals surface area contributed by atoms with Gasteiger partial charge in [0.25, 0.3) is 0 Å². The number of hydrogen-bond acceptors (Lipinski definition) is 5. The van der Waals surface area contributed by atoms with Gasteiger partial charge < -0.3 is 0 Å². The van der Waals surface area contributed by atoms with Gasteiger partial charge >= 0.3 is 0 Å². The fourth-order valence-electron chi connectivity index (χ4n) is 1.53. The maximum atomic E-state index is 11.6. The van der Waals surface area contributed by atoms with Crippen LogP contribution in [0.4, 0.5) is 5.69 Å². The second-order valence-electron chi connectivity index (χ2n) is 3.74. The number of rotatable bonds is 5. The zero-order valence-corrected chi connectivity index (χ0v) is 11.9. The monoisotopic (exact) mass is 304 g/mol. The third kappa shape index (κ3) is 3.85. The van der Waals surface area contributed by atoms with Crippen molar-refractivity contribution in [1.29, 1.82) is 0 Å². The van der Waals surface area contributed by atoms with Gasteiger partial charge in [0, 0.05) is 4.91 Å². The Hall–Kier alpha value is -1.77. The first-order valence-corrected chi connectivity index (χ1v) is 8.67. The van der Waals surface area contributed by atoms with Gasteiger partial charge in [-0.15, -0.1) is 0 Å². The molecule has 0 N–H and O–H groups in total. The predicted molar refractivity (Wildman–Crippen MR) is 71.5 cm³/mol. The highest BCUT2D eigenvalue weighted by molar-refractivity contribution is 8.09. The van der Waals surface area contributed by atoms with Crippen LogP contribution in [0.1, 0.15) is 5.56 Å². The van der Waals surface area contributed by atoms with E-state index >= 15 is 0 Å². The summed E-state index contributed by atoms with van der Waals surface area (Å²) in [6.45, 7) is -0.145. The summed E-state index contributed by atoms with van der Waals surface area (Å²) in [4.78, 5) is 2.56. The van der Waals surface area contributed by atoms with Gasteiger partial charge in [0.2, 0.25) is 20.0 Å². The summed E-state index contributed by atoms with van der Waals surface area (Å²) in [7, 11) is -8.03. The van der Waals surface area contributed by atoms with E-state index in [1.165, 1.54) is 18.2 Å². The van der Waals surface area contributed by atoms with E-state index in [1.54, 1.807) is 6.07 Å². The molecule has 0 radical (unpaired) electrons. The van der Waals surface area contributed by atoms with E-state index in [0.29, 0.717) is 9.27 Å². The van der Waals surface area contributed by atoms with Gasteiger partial charge in [-0.05, 0) is 17.2 Å². The minimum absolute atomic E-state index is 0.0418. The Morgan fingerprint density at radius 3 is 2.16 bits per heavy atom. The molecule has 1 rings (SSSR count). The average molecular weight is 304 g/mol. The topological polar surface area (TPSA) is 120 Å². The van der Waals surface area contributed by atoms with Crippen LogP contribution in [0.5, 0.6) is 0 Å². The summed E-state index contributed by atoms with van der Waals surface area (Å²) in [6.07, 6.45) is 1.58. The van der Waals surface area contributed by atoms with E-state index in [2.05, 4.69) is 10.0 Å². The third-order valence-electron chi connectivity index (χ3n) is 2.10. The van der Waals surface area contributed by atoms with Gasteiger partial charge in [-0.25, -0.2) is 16.8 Å². The zero-order chi connectivity index (χ0) is 14.7. The van der Waals surface area contributed by atoms with Crippen LogP contribution in [0.25, 0.3) is 10.4 Å². The quantitative estimate of drug-likeness (QED) is 0.461. The summed E-state index contributed by atoms with van der Waals surface area (Å²) in [5.41, 5.74) is 8.55. The molecule has 0 saturated carbocycles. The highest BCUT2D eigenvalue weighted by atomic mass is 32.3. The van der Waals surface area contributed by atoms with Crippen LogP contribution >= 0.6 is 0 Å². The molecule has 0 bridgehead atoms. The average Bonchev–Trinajstić information content (AvgIpc) is 2.24. The summed E-state index contributed by atoms with van der Waals surface area (Å²) in [6, 6.07) is 5.92. The molecule has 1 aromatic carbocycles. The molecule has 0 amide bonds. The van der Waals surface area contributed by atoms with Crippen molar-refractivity contribution in [2.75, 3.05) is 16.2 Å². The van der Waals surface area contributed by atoms with Crippen molar-refractivity contribution < 1.29 is 16.8 Å². The molecule has 8 nitrogen and oxygen atoms in total. The summed E-state index contributed by atoms with van der Waals surface area (Å²) in [5.74, 6) is 0. The molecule has 0 unspecified atom stereocenters. The standard InChI is InChI=1S/C9H12N4O4S2/c1-18(14,15)13(19(2,16)17)9-6-4-3-5-8(9)7-11-12-10/h3-6H,7H2,1-2H3. The van der Waals surface area contributed by atoms with E-state index in [1.807, 2.05) is 0 Å². The maximum Gasteiger partial charge on any atom is 0.245 e. The van der Waals surface area contributed by atoms with Gasteiger partial charge in [-0.3, -0.25) is 0 Å². The highest BCUT2D eigenvalue weighted by Crippen LogP contribution is 2.26. The molecule has 104 valence electrons. The largest absolute Gasteiger partial charge is 0.245 e. The molecular formula is C9H12N4O4S2. The van der Waals surface area contributed by atoms with Crippen LogP contribution in [0, 0.1) is 0 Å². The Balaban J connectivity index is 3.53. The zero-order valence-electron chi connectivity index (χ0n) is 10.3. The second-order valence-corrected chi connectivity index (χ2v) is 7.63. The molecular weight excluding hydrogens is 292 g/mol. The highest BCUT2D eigenvalue weighted by Gasteiger charge is 2.28. The van der Waals surface area contributed by atoms with Crippen LogP contribution in [0.3, 0.4) is 0 Å². The summed E-state index contributed by atoms with van der Waals surface area (Å²) >= 11 is 0. The van der Waals surface area contributed by atoms with Crippen molar-refractivity contribution in [3.05, 3.63) is 40.3 Å². The van der Waals surface area contributed by atoms with Crippen LogP contribution in [-0.4, -0.2) is 29.3 Å². The minimum Gasteiger partial charge on any atom is -0.206 e. The van der Waals surface area contributed by atoms with Gasteiger partial charge in [-0.1, -0.05) is 23.3 Å². The predicted octanol–water partition coefficient (Wildman–Crippen LogP) is 1.22. The number of nitrogens with zero attached hydrogens (tertiary/aromatic N) is 4. The van der Waals surface area contributed by atoms with Gasteiger partial charge in [0.15, 0.2) is 0 Å². The van der Waals surface area contributed by atoms with Crippen molar-refractivity contribution in [1.82, 2.24) is 0 Å². The molecule has 0 atom stereocenters.